The van der Waals surface area contributed by atoms with Crippen LogP contribution in [0, 0.1) is 11.7 Å². The molecule has 0 aliphatic heterocycles. The number of carbonyl (C=O) groups is 1. The van der Waals surface area contributed by atoms with E-state index in [1.165, 1.54) is 38.2 Å². The van der Waals surface area contributed by atoms with Gasteiger partial charge in [0, 0.05) is 10.6 Å². The van der Waals surface area contributed by atoms with E-state index in [0.717, 1.165) is 46.6 Å². The van der Waals surface area contributed by atoms with Gasteiger partial charge in [0.1, 0.15) is 5.82 Å². The summed E-state index contributed by atoms with van der Waals surface area (Å²) in [5.74, 6) is 0.784. The fourth-order valence-corrected chi connectivity index (χ4v) is 5.15. The summed E-state index contributed by atoms with van der Waals surface area (Å²) in [5, 5.41) is 3.69. The van der Waals surface area contributed by atoms with E-state index in [9.17, 15) is 9.18 Å². The molecule has 1 amide bonds. The average Bonchev–Trinajstić information content (AvgIpc) is 2.81. The predicted molar refractivity (Wildman–Crippen MR) is 129 cm³/mol. The maximum absolute atomic E-state index is 13.8. The summed E-state index contributed by atoms with van der Waals surface area (Å²) in [7, 11) is 0. The zero-order valence-electron chi connectivity index (χ0n) is 18.5. The molecule has 2 aliphatic carbocycles. The maximum Gasteiger partial charge on any atom is 0.229 e. The molecule has 1 heterocycles. The zero-order chi connectivity index (χ0) is 22.8. The fraction of sp³-hybridized carbons (Fsp3) is 0.370. The van der Waals surface area contributed by atoms with Crippen LogP contribution in [0.4, 0.5) is 10.2 Å². The van der Waals surface area contributed by atoms with Crippen molar-refractivity contribution in [3.05, 3.63) is 75.8 Å². The molecule has 1 aromatic heterocycles. The fourth-order valence-electron chi connectivity index (χ4n) is 5.02. The molecule has 33 heavy (non-hydrogen) atoms. The zero-order valence-corrected chi connectivity index (χ0v) is 19.3. The number of amides is 1. The minimum atomic E-state index is -0.223. The van der Waals surface area contributed by atoms with Gasteiger partial charge in [-0.1, -0.05) is 55.8 Å². The van der Waals surface area contributed by atoms with E-state index in [4.69, 9.17) is 21.6 Å². The van der Waals surface area contributed by atoms with Crippen molar-refractivity contribution in [2.45, 2.75) is 57.8 Å². The molecule has 0 saturated heterocycles. The number of hydrogen-bond acceptors (Lipinski definition) is 3. The summed E-state index contributed by atoms with van der Waals surface area (Å²) in [6.45, 7) is 0. The van der Waals surface area contributed by atoms with E-state index in [1.807, 2.05) is 12.1 Å². The van der Waals surface area contributed by atoms with Crippen molar-refractivity contribution in [3.8, 4) is 11.3 Å². The number of rotatable bonds is 5. The second-order valence-electron chi connectivity index (χ2n) is 9.18. The summed E-state index contributed by atoms with van der Waals surface area (Å²) >= 11 is 5.96. The lowest BCUT2D eigenvalue weighted by Gasteiger charge is -2.24. The minimum Gasteiger partial charge on any atom is -0.309 e. The van der Waals surface area contributed by atoms with Gasteiger partial charge in [-0.2, -0.15) is 0 Å². The molecule has 1 N–H and O–H groups in total. The minimum absolute atomic E-state index is 0.116. The van der Waals surface area contributed by atoms with Crippen LogP contribution in [0.2, 0.25) is 5.02 Å². The van der Waals surface area contributed by atoms with E-state index in [0.29, 0.717) is 23.2 Å². The van der Waals surface area contributed by atoms with Crippen molar-refractivity contribution in [3.63, 3.8) is 0 Å². The van der Waals surface area contributed by atoms with Crippen LogP contribution in [0.1, 0.15) is 54.6 Å². The number of nitrogens with zero attached hydrogens (tertiary/aromatic N) is 2. The number of nitrogens with one attached hydrogen (secondary N) is 1. The van der Waals surface area contributed by atoms with Gasteiger partial charge in [0.2, 0.25) is 5.91 Å². The Labute approximate surface area is 198 Å². The number of aromatic nitrogens is 2. The van der Waals surface area contributed by atoms with E-state index in [1.54, 1.807) is 24.3 Å². The lowest BCUT2D eigenvalue weighted by Crippen LogP contribution is -2.21. The smallest absolute Gasteiger partial charge is 0.229 e. The van der Waals surface area contributed by atoms with Crippen molar-refractivity contribution in [2.75, 3.05) is 5.32 Å². The number of carbonyl (C=O) groups excluding carboxylic acids is 1. The van der Waals surface area contributed by atoms with Gasteiger partial charge in [0.05, 0.1) is 23.5 Å². The largest absolute Gasteiger partial charge is 0.309 e. The Kier molecular flexibility index (Phi) is 6.41. The highest BCUT2D eigenvalue weighted by molar-refractivity contribution is 6.30. The normalized spacial score (nSPS) is 15.6. The Hall–Kier alpha value is -2.79. The molecule has 0 bridgehead atoms. The topological polar surface area (TPSA) is 54.9 Å². The van der Waals surface area contributed by atoms with Gasteiger partial charge in [0.15, 0.2) is 5.82 Å². The SMILES string of the molecule is O=C(Cc1ccc(Cl)cc1)Nc1nc2c(nc1CC1CCCCC1)-c1ccc(F)cc1CC2. The number of aryl methyl sites for hydroxylation is 2. The number of hydrogen-bond donors (Lipinski definition) is 1. The highest BCUT2D eigenvalue weighted by Gasteiger charge is 2.25. The molecule has 0 atom stereocenters. The van der Waals surface area contributed by atoms with Crippen molar-refractivity contribution < 1.29 is 9.18 Å². The first-order valence-electron chi connectivity index (χ1n) is 11.8. The Bertz CT molecular complexity index is 1170. The third-order valence-corrected chi connectivity index (χ3v) is 6.99. The maximum atomic E-state index is 13.8. The number of fused-ring (bicyclic) bond motifs is 3. The molecular weight excluding hydrogens is 437 g/mol. The highest BCUT2D eigenvalue weighted by atomic mass is 35.5. The second kappa shape index (κ2) is 9.60. The third kappa shape index (κ3) is 5.09. The van der Waals surface area contributed by atoms with Gasteiger partial charge in [-0.15, -0.1) is 0 Å². The van der Waals surface area contributed by atoms with Crippen LogP contribution in [0.3, 0.4) is 0 Å². The first-order valence-corrected chi connectivity index (χ1v) is 12.2. The van der Waals surface area contributed by atoms with Crippen molar-refractivity contribution in [1.82, 2.24) is 9.97 Å². The molecule has 0 unspecified atom stereocenters. The van der Waals surface area contributed by atoms with E-state index < -0.39 is 0 Å². The lowest BCUT2D eigenvalue weighted by molar-refractivity contribution is -0.115. The molecule has 170 valence electrons. The summed E-state index contributed by atoms with van der Waals surface area (Å²) in [5.41, 5.74) is 5.35. The molecule has 0 radical (unpaired) electrons. The number of benzene rings is 2. The highest BCUT2D eigenvalue weighted by Crippen LogP contribution is 2.35. The number of anilines is 1. The lowest BCUT2D eigenvalue weighted by atomic mass is 9.85. The van der Waals surface area contributed by atoms with Crippen LogP contribution >= 0.6 is 11.6 Å². The molecule has 0 spiro atoms. The molecule has 3 aromatic rings. The predicted octanol–water partition coefficient (Wildman–Crippen LogP) is 6.34. The van der Waals surface area contributed by atoms with E-state index >= 15 is 0 Å². The molecule has 1 fully saturated rings. The van der Waals surface area contributed by atoms with Crippen LogP contribution in [0.25, 0.3) is 11.3 Å². The van der Waals surface area contributed by atoms with Gasteiger partial charge < -0.3 is 5.32 Å². The monoisotopic (exact) mass is 463 g/mol. The van der Waals surface area contributed by atoms with Gasteiger partial charge in [-0.3, -0.25) is 4.79 Å². The number of halogens is 2. The molecule has 6 heteroatoms. The van der Waals surface area contributed by atoms with Crippen molar-refractivity contribution >= 4 is 23.3 Å². The van der Waals surface area contributed by atoms with Crippen LogP contribution in [-0.4, -0.2) is 15.9 Å². The molecule has 1 saturated carbocycles. The molecule has 2 aromatic carbocycles. The van der Waals surface area contributed by atoms with Gasteiger partial charge in [-0.05, 0) is 66.6 Å². The molecular formula is C27H27ClFN3O. The third-order valence-electron chi connectivity index (χ3n) is 6.74. The Morgan fingerprint density at radius 2 is 1.82 bits per heavy atom. The van der Waals surface area contributed by atoms with Crippen LogP contribution in [0.15, 0.2) is 42.5 Å². The van der Waals surface area contributed by atoms with Crippen LogP contribution in [0.5, 0.6) is 0 Å². The summed E-state index contributed by atoms with van der Waals surface area (Å²) in [4.78, 5) is 22.8. The first-order chi connectivity index (χ1) is 16.0. The summed E-state index contributed by atoms with van der Waals surface area (Å²) in [6, 6.07) is 12.2. The first kappa shape index (κ1) is 22.0. The standard InChI is InChI=1S/C27H27ClFN3O/c28-20-9-6-18(7-10-20)15-25(33)32-27-24(14-17-4-2-1-3-5-17)30-26-22-12-11-21(29)16-19(22)8-13-23(26)31-27/h6-7,9-12,16-17H,1-5,8,13-15H2,(H,31,32,33). The molecule has 4 nitrogen and oxygen atoms in total. The van der Waals surface area contributed by atoms with Crippen LogP contribution < -0.4 is 5.32 Å². The summed E-state index contributed by atoms with van der Waals surface area (Å²) in [6.07, 6.45) is 8.58. The van der Waals surface area contributed by atoms with E-state index in [2.05, 4.69) is 5.32 Å². The average molecular weight is 464 g/mol. The Morgan fingerprint density at radius 3 is 2.61 bits per heavy atom. The summed E-state index contributed by atoms with van der Waals surface area (Å²) < 4.78 is 13.8. The Morgan fingerprint density at radius 1 is 1.03 bits per heavy atom. The van der Waals surface area contributed by atoms with Gasteiger partial charge >= 0.3 is 0 Å². The van der Waals surface area contributed by atoms with Crippen molar-refractivity contribution in [2.24, 2.45) is 5.92 Å². The van der Waals surface area contributed by atoms with Gasteiger partial charge in [-0.25, -0.2) is 14.4 Å². The van der Waals surface area contributed by atoms with Crippen LogP contribution in [-0.2, 0) is 30.5 Å². The molecule has 2 aliphatic rings. The molecule has 5 rings (SSSR count). The second-order valence-corrected chi connectivity index (χ2v) is 9.61. The Balaban J connectivity index is 1.46. The van der Waals surface area contributed by atoms with E-state index in [-0.39, 0.29) is 18.1 Å². The van der Waals surface area contributed by atoms with Crippen molar-refractivity contribution in [1.29, 1.82) is 0 Å². The van der Waals surface area contributed by atoms with Gasteiger partial charge in [0.25, 0.3) is 0 Å². The quantitative estimate of drug-likeness (QED) is 0.480.